The molecule has 0 aromatic carbocycles. The largest absolute Gasteiger partial charge is 0.374 e. The van der Waals surface area contributed by atoms with Crippen LogP contribution in [0.1, 0.15) is 23.8 Å². The summed E-state index contributed by atoms with van der Waals surface area (Å²) >= 11 is 7.35. The van der Waals surface area contributed by atoms with Crippen LogP contribution in [0.2, 0.25) is 4.34 Å². The van der Waals surface area contributed by atoms with E-state index in [9.17, 15) is 4.79 Å². The molecular formula is C11H14ClNO2S. The van der Waals surface area contributed by atoms with Crippen molar-refractivity contribution in [1.82, 2.24) is 5.32 Å². The van der Waals surface area contributed by atoms with Gasteiger partial charge < -0.3 is 10.1 Å². The van der Waals surface area contributed by atoms with E-state index >= 15 is 0 Å². The van der Waals surface area contributed by atoms with Gasteiger partial charge in [0.05, 0.1) is 4.34 Å². The van der Waals surface area contributed by atoms with E-state index in [1.807, 2.05) is 12.1 Å². The summed E-state index contributed by atoms with van der Waals surface area (Å²) in [5, 5.41) is 2.90. The third-order valence-electron chi connectivity index (χ3n) is 2.61. The lowest BCUT2D eigenvalue weighted by Crippen LogP contribution is -2.29. The van der Waals surface area contributed by atoms with E-state index < -0.39 is 0 Å². The summed E-state index contributed by atoms with van der Waals surface area (Å²) in [5.41, 5.74) is 0. The van der Waals surface area contributed by atoms with Crippen molar-refractivity contribution in [2.45, 2.75) is 18.9 Å². The summed E-state index contributed by atoms with van der Waals surface area (Å²) in [5.74, 6) is 0.383. The summed E-state index contributed by atoms with van der Waals surface area (Å²) in [7, 11) is 1.64. The highest BCUT2D eigenvalue weighted by molar-refractivity contribution is 7.16. The van der Waals surface area contributed by atoms with Gasteiger partial charge in [0.25, 0.3) is 0 Å². The molecule has 1 aromatic rings. The molecule has 2 rings (SSSR count). The summed E-state index contributed by atoms with van der Waals surface area (Å²) in [6.07, 6.45) is 1.95. The number of hydrogen-bond acceptors (Lipinski definition) is 3. The van der Waals surface area contributed by atoms with Gasteiger partial charge in [-0.3, -0.25) is 4.79 Å². The lowest BCUT2D eigenvalue weighted by atomic mass is 10.3. The molecule has 3 nitrogen and oxygen atoms in total. The van der Waals surface area contributed by atoms with Crippen LogP contribution >= 0.6 is 22.9 Å². The van der Waals surface area contributed by atoms with Crippen LogP contribution < -0.4 is 5.32 Å². The van der Waals surface area contributed by atoms with Crippen LogP contribution in [0.5, 0.6) is 0 Å². The smallest absolute Gasteiger partial charge is 0.223 e. The summed E-state index contributed by atoms with van der Waals surface area (Å²) in [4.78, 5) is 12.5. The Hall–Kier alpha value is -0.580. The average Bonchev–Trinajstić information content (AvgIpc) is 3.03. The number of methoxy groups -OCH3 is 1. The minimum atomic E-state index is -0.0970. The molecule has 1 N–H and O–H groups in total. The zero-order valence-corrected chi connectivity index (χ0v) is 10.6. The van der Waals surface area contributed by atoms with E-state index in [2.05, 4.69) is 5.32 Å². The van der Waals surface area contributed by atoms with Crippen LogP contribution in [-0.4, -0.2) is 19.6 Å². The first-order chi connectivity index (χ1) is 7.70. The second kappa shape index (κ2) is 5.17. The molecule has 0 spiro atoms. The number of ether oxygens (including phenoxy) is 1. The fourth-order valence-electron chi connectivity index (χ4n) is 1.48. The Balaban J connectivity index is 1.87. The summed E-state index contributed by atoms with van der Waals surface area (Å²) in [6, 6.07) is 3.78. The number of carbonyl (C=O) groups is 1. The highest BCUT2D eigenvalue weighted by atomic mass is 35.5. The van der Waals surface area contributed by atoms with Crippen molar-refractivity contribution in [1.29, 1.82) is 0 Å². The Morgan fingerprint density at radius 3 is 2.94 bits per heavy atom. The molecular weight excluding hydrogens is 246 g/mol. The van der Waals surface area contributed by atoms with Gasteiger partial charge in [0.2, 0.25) is 5.91 Å². The highest BCUT2D eigenvalue weighted by Gasteiger charge is 2.29. The molecule has 5 heteroatoms. The average molecular weight is 260 g/mol. The first-order valence-corrected chi connectivity index (χ1v) is 6.46. The molecule has 0 aliphatic heterocycles. The predicted octanol–water partition coefficient (Wildman–Crippen LogP) is 2.62. The van der Waals surface area contributed by atoms with Gasteiger partial charge in [-0.1, -0.05) is 11.6 Å². The first-order valence-electron chi connectivity index (χ1n) is 5.26. The van der Waals surface area contributed by atoms with Gasteiger partial charge in [-0.25, -0.2) is 0 Å². The van der Waals surface area contributed by atoms with Gasteiger partial charge in [0.15, 0.2) is 0 Å². The fraction of sp³-hybridized carbons (Fsp3) is 0.545. The Bertz CT molecular complexity index is 376. The summed E-state index contributed by atoms with van der Waals surface area (Å²) in [6.45, 7) is 0.517. The van der Waals surface area contributed by atoms with Gasteiger partial charge in [-0.05, 0) is 25.0 Å². The molecule has 1 unspecified atom stereocenters. The van der Waals surface area contributed by atoms with E-state index in [4.69, 9.17) is 16.3 Å². The van der Waals surface area contributed by atoms with Crippen molar-refractivity contribution in [2.75, 3.05) is 13.7 Å². The maximum atomic E-state index is 11.5. The zero-order valence-electron chi connectivity index (χ0n) is 9.03. The number of carbonyl (C=O) groups excluding carboxylic acids is 1. The van der Waals surface area contributed by atoms with Crippen LogP contribution in [0.15, 0.2) is 12.1 Å². The molecule has 1 aliphatic rings. The Labute approximate surface area is 104 Å². The molecule has 1 fully saturated rings. The molecule has 1 aliphatic carbocycles. The van der Waals surface area contributed by atoms with Crippen LogP contribution in [0, 0.1) is 5.92 Å². The molecule has 1 amide bonds. The zero-order chi connectivity index (χ0) is 11.5. The van der Waals surface area contributed by atoms with Crippen molar-refractivity contribution in [3.05, 3.63) is 21.3 Å². The number of amides is 1. The number of nitrogens with one attached hydrogen (secondary N) is 1. The molecule has 16 heavy (non-hydrogen) atoms. The topological polar surface area (TPSA) is 38.3 Å². The van der Waals surface area contributed by atoms with Crippen molar-refractivity contribution in [3.8, 4) is 0 Å². The number of hydrogen-bond donors (Lipinski definition) is 1. The van der Waals surface area contributed by atoms with Gasteiger partial charge in [-0.15, -0.1) is 11.3 Å². The third kappa shape index (κ3) is 2.97. The van der Waals surface area contributed by atoms with Crippen LogP contribution in [0.3, 0.4) is 0 Å². The minimum absolute atomic E-state index is 0.0970. The van der Waals surface area contributed by atoms with Gasteiger partial charge >= 0.3 is 0 Å². The fourth-order valence-corrected chi connectivity index (χ4v) is 2.62. The van der Waals surface area contributed by atoms with Crippen LogP contribution in [-0.2, 0) is 9.53 Å². The molecule has 88 valence electrons. The van der Waals surface area contributed by atoms with Gasteiger partial charge in [0.1, 0.15) is 6.10 Å². The van der Waals surface area contributed by atoms with E-state index in [1.165, 1.54) is 11.3 Å². The Morgan fingerprint density at radius 1 is 1.69 bits per heavy atom. The lowest BCUT2D eigenvalue weighted by molar-refractivity contribution is -0.122. The minimum Gasteiger partial charge on any atom is -0.374 e. The van der Waals surface area contributed by atoms with E-state index in [0.29, 0.717) is 6.54 Å². The SMILES string of the molecule is COC(CNC(=O)C1CC1)c1ccc(Cl)s1. The quantitative estimate of drug-likeness (QED) is 0.883. The van der Waals surface area contributed by atoms with Crippen molar-refractivity contribution in [2.24, 2.45) is 5.92 Å². The second-order valence-corrected chi connectivity index (χ2v) is 5.63. The van der Waals surface area contributed by atoms with E-state index in [1.54, 1.807) is 7.11 Å². The molecule has 0 saturated heterocycles. The van der Waals surface area contributed by atoms with Gasteiger partial charge in [0, 0.05) is 24.4 Å². The molecule has 0 bridgehead atoms. The highest BCUT2D eigenvalue weighted by Crippen LogP contribution is 2.30. The predicted molar refractivity (Wildman–Crippen MR) is 64.8 cm³/mol. The van der Waals surface area contributed by atoms with Crippen molar-refractivity contribution >= 4 is 28.8 Å². The maximum absolute atomic E-state index is 11.5. The Kier molecular flexibility index (Phi) is 3.84. The van der Waals surface area contributed by atoms with Gasteiger partial charge in [-0.2, -0.15) is 0 Å². The van der Waals surface area contributed by atoms with Crippen LogP contribution in [0.4, 0.5) is 0 Å². The third-order valence-corrected chi connectivity index (χ3v) is 3.93. The maximum Gasteiger partial charge on any atom is 0.223 e. The van der Waals surface area contributed by atoms with E-state index in [0.717, 1.165) is 22.1 Å². The lowest BCUT2D eigenvalue weighted by Gasteiger charge is -2.14. The molecule has 1 atom stereocenters. The Morgan fingerprint density at radius 2 is 2.44 bits per heavy atom. The first kappa shape index (κ1) is 11.9. The van der Waals surface area contributed by atoms with Crippen LogP contribution in [0.25, 0.3) is 0 Å². The number of halogens is 1. The monoisotopic (exact) mass is 259 g/mol. The number of thiophene rings is 1. The van der Waals surface area contributed by atoms with E-state index in [-0.39, 0.29) is 17.9 Å². The molecule has 1 saturated carbocycles. The van der Waals surface area contributed by atoms with Crippen molar-refractivity contribution < 1.29 is 9.53 Å². The summed E-state index contributed by atoms with van der Waals surface area (Å²) < 4.78 is 6.08. The molecule has 1 heterocycles. The van der Waals surface area contributed by atoms with Crippen molar-refractivity contribution in [3.63, 3.8) is 0 Å². The number of rotatable bonds is 5. The molecule has 0 radical (unpaired) electrons. The molecule has 1 aromatic heterocycles. The standard InChI is InChI=1S/C11H14ClNO2S/c1-15-8(9-4-5-10(12)16-9)6-13-11(14)7-2-3-7/h4-5,7-8H,2-3,6H2,1H3,(H,13,14). The second-order valence-electron chi connectivity index (χ2n) is 3.89. The normalized spacial score (nSPS) is 17.1.